The van der Waals surface area contributed by atoms with Crippen LogP contribution >= 0.6 is 0 Å². The highest BCUT2D eigenvalue weighted by Gasteiger charge is 2.58. The molecule has 4 aliphatic rings. The Morgan fingerprint density at radius 3 is 2.81 bits per heavy atom. The Kier molecular flexibility index (Phi) is 4.94. The topological polar surface area (TPSA) is 67.8 Å². The van der Waals surface area contributed by atoms with Crippen molar-refractivity contribution < 1.29 is 9.94 Å². The summed E-state index contributed by atoms with van der Waals surface area (Å²) in [5, 5.41) is 14.9. The van der Waals surface area contributed by atoms with Crippen LogP contribution < -0.4 is 5.73 Å². The zero-order valence-corrected chi connectivity index (χ0v) is 16.5. The molecular weight excluding hydrogens is 324 g/mol. The highest BCUT2D eigenvalue weighted by molar-refractivity contribution is 5.96. The summed E-state index contributed by atoms with van der Waals surface area (Å²) >= 11 is 0. The molecule has 0 saturated heterocycles. The molecule has 0 bridgehead atoms. The SMILES string of the molecule is CC12CC[C@@H]3C(CCC4=CC(=NOCCCN)CCC43C)C1CCC2O. The summed E-state index contributed by atoms with van der Waals surface area (Å²) in [4.78, 5) is 5.45. The third-order valence-corrected chi connectivity index (χ3v) is 8.55. The zero-order valence-electron chi connectivity index (χ0n) is 16.5. The van der Waals surface area contributed by atoms with Gasteiger partial charge in [0, 0.05) is 0 Å². The van der Waals surface area contributed by atoms with Crippen molar-refractivity contribution >= 4 is 5.71 Å². The van der Waals surface area contributed by atoms with Gasteiger partial charge in [0.15, 0.2) is 0 Å². The van der Waals surface area contributed by atoms with Gasteiger partial charge in [-0.3, -0.25) is 0 Å². The van der Waals surface area contributed by atoms with Gasteiger partial charge in [0.25, 0.3) is 0 Å². The predicted molar refractivity (Wildman–Crippen MR) is 105 cm³/mol. The Morgan fingerprint density at radius 1 is 1.15 bits per heavy atom. The van der Waals surface area contributed by atoms with Gasteiger partial charge in [-0.15, -0.1) is 0 Å². The molecule has 3 fully saturated rings. The van der Waals surface area contributed by atoms with E-state index in [0.717, 1.165) is 42.7 Å². The quantitative estimate of drug-likeness (QED) is 0.587. The summed E-state index contributed by atoms with van der Waals surface area (Å²) in [7, 11) is 0. The Morgan fingerprint density at radius 2 is 2.00 bits per heavy atom. The molecule has 0 heterocycles. The number of fused-ring (bicyclic) bond motifs is 5. The van der Waals surface area contributed by atoms with Crippen molar-refractivity contribution in [1.82, 2.24) is 0 Å². The fourth-order valence-electron chi connectivity index (χ4n) is 6.89. The second-order valence-corrected chi connectivity index (χ2v) is 9.70. The van der Waals surface area contributed by atoms with E-state index < -0.39 is 0 Å². The van der Waals surface area contributed by atoms with Gasteiger partial charge in [0.05, 0.1) is 11.8 Å². The molecule has 3 saturated carbocycles. The van der Waals surface area contributed by atoms with Gasteiger partial charge in [-0.2, -0.15) is 0 Å². The van der Waals surface area contributed by atoms with Gasteiger partial charge >= 0.3 is 0 Å². The molecule has 0 aliphatic heterocycles. The molecule has 4 heteroatoms. The Balaban J connectivity index is 1.52. The molecule has 6 atom stereocenters. The van der Waals surface area contributed by atoms with E-state index >= 15 is 0 Å². The first-order valence-corrected chi connectivity index (χ1v) is 10.8. The average Bonchev–Trinajstić information content (AvgIpc) is 2.94. The number of aliphatic hydroxyl groups is 1. The van der Waals surface area contributed by atoms with Crippen LogP contribution in [-0.2, 0) is 4.84 Å². The van der Waals surface area contributed by atoms with Gasteiger partial charge in [0.1, 0.15) is 6.61 Å². The van der Waals surface area contributed by atoms with E-state index in [2.05, 4.69) is 25.1 Å². The van der Waals surface area contributed by atoms with Crippen LogP contribution in [0.2, 0.25) is 0 Å². The highest BCUT2D eigenvalue weighted by atomic mass is 16.6. The van der Waals surface area contributed by atoms with Crippen molar-refractivity contribution in [3.05, 3.63) is 11.6 Å². The average molecular weight is 361 g/mol. The Labute approximate surface area is 158 Å². The number of hydrogen-bond acceptors (Lipinski definition) is 4. The smallest absolute Gasteiger partial charge is 0.118 e. The number of oxime groups is 1. The molecule has 5 unspecified atom stereocenters. The van der Waals surface area contributed by atoms with E-state index in [1.165, 1.54) is 38.5 Å². The first-order chi connectivity index (χ1) is 12.5. The molecule has 4 rings (SSSR count). The normalized spacial score (nSPS) is 46.3. The first kappa shape index (κ1) is 18.5. The number of aliphatic hydroxyl groups excluding tert-OH is 1. The molecule has 0 aromatic carbocycles. The van der Waals surface area contributed by atoms with Gasteiger partial charge in [-0.05, 0) is 99.0 Å². The van der Waals surface area contributed by atoms with Crippen LogP contribution in [0.5, 0.6) is 0 Å². The fourth-order valence-corrected chi connectivity index (χ4v) is 6.89. The summed E-state index contributed by atoms with van der Waals surface area (Å²) in [6, 6.07) is 0. The zero-order chi connectivity index (χ0) is 18.4. The van der Waals surface area contributed by atoms with Crippen LogP contribution in [0.15, 0.2) is 16.8 Å². The summed E-state index contributed by atoms with van der Waals surface area (Å²) < 4.78 is 0. The molecule has 0 spiro atoms. The van der Waals surface area contributed by atoms with Crippen molar-refractivity contribution in [3.8, 4) is 0 Å². The lowest BCUT2D eigenvalue weighted by molar-refractivity contribution is -0.0722. The van der Waals surface area contributed by atoms with E-state index in [9.17, 15) is 5.11 Å². The van der Waals surface area contributed by atoms with Crippen LogP contribution in [0.25, 0.3) is 0 Å². The molecule has 0 aromatic heterocycles. The third kappa shape index (κ3) is 2.84. The molecule has 3 N–H and O–H groups in total. The second kappa shape index (κ2) is 6.94. The Bertz CT molecular complexity index is 601. The summed E-state index contributed by atoms with van der Waals surface area (Å²) in [6.45, 7) is 6.15. The first-order valence-electron chi connectivity index (χ1n) is 10.8. The molecule has 4 aliphatic carbocycles. The Hall–Kier alpha value is -0.870. The van der Waals surface area contributed by atoms with E-state index in [4.69, 9.17) is 10.6 Å². The van der Waals surface area contributed by atoms with Crippen LogP contribution in [0, 0.1) is 28.6 Å². The standard InChI is InChI=1S/C22H36N2O2/c1-21-10-8-16(24-26-13-3-12-23)14-15(21)4-5-17-18-6-7-20(25)22(18,2)11-9-19(17)21/h14,17-20,25H,3-13,23H2,1-2H3/t17?,18?,19-,20?,21?,22?/m1/s1. The lowest BCUT2D eigenvalue weighted by atomic mass is 9.47. The van der Waals surface area contributed by atoms with Crippen LogP contribution in [-0.4, -0.2) is 30.1 Å². The molecule has 0 amide bonds. The maximum Gasteiger partial charge on any atom is 0.118 e. The second-order valence-electron chi connectivity index (χ2n) is 9.70. The lowest BCUT2D eigenvalue weighted by Gasteiger charge is -2.57. The van der Waals surface area contributed by atoms with Gasteiger partial charge in [-0.25, -0.2) is 0 Å². The van der Waals surface area contributed by atoms with Crippen LogP contribution in [0.3, 0.4) is 0 Å². The minimum atomic E-state index is -0.0750. The van der Waals surface area contributed by atoms with Crippen molar-refractivity contribution in [2.75, 3.05) is 13.2 Å². The van der Waals surface area contributed by atoms with E-state index in [1.54, 1.807) is 5.57 Å². The van der Waals surface area contributed by atoms with Gasteiger partial charge in [0.2, 0.25) is 0 Å². The fraction of sp³-hybridized carbons (Fsp3) is 0.864. The van der Waals surface area contributed by atoms with Crippen molar-refractivity contribution in [1.29, 1.82) is 0 Å². The number of allylic oxidation sites excluding steroid dienone is 2. The minimum Gasteiger partial charge on any atom is -0.396 e. The van der Waals surface area contributed by atoms with E-state index in [1.807, 2.05) is 0 Å². The van der Waals surface area contributed by atoms with Gasteiger partial charge < -0.3 is 15.7 Å². The number of rotatable bonds is 4. The summed E-state index contributed by atoms with van der Waals surface area (Å²) in [6.07, 6.45) is 12.6. The largest absolute Gasteiger partial charge is 0.396 e. The third-order valence-electron chi connectivity index (χ3n) is 8.55. The number of nitrogens with zero attached hydrogens (tertiary/aromatic N) is 1. The molecule has 4 nitrogen and oxygen atoms in total. The molecule has 26 heavy (non-hydrogen) atoms. The predicted octanol–water partition coefficient (Wildman–Crippen LogP) is 4.03. The van der Waals surface area contributed by atoms with Crippen molar-refractivity contribution in [2.24, 2.45) is 39.5 Å². The van der Waals surface area contributed by atoms with Crippen molar-refractivity contribution in [2.45, 2.75) is 77.7 Å². The minimum absolute atomic E-state index is 0.0750. The summed E-state index contributed by atoms with van der Waals surface area (Å²) in [5.74, 6) is 2.31. The van der Waals surface area contributed by atoms with Crippen LogP contribution in [0.1, 0.15) is 71.6 Å². The molecular formula is C22H36N2O2. The van der Waals surface area contributed by atoms with Crippen molar-refractivity contribution in [3.63, 3.8) is 0 Å². The van der Waals surface area contributed by atoms with E-state index in [-0.39, 0.29) is 11.5 Å². The summed E-state index contributed by atoms with van der Waals surface area (Å²) in [5.41, 5.74) is 8.74. The number of nitrogens with two attached hydrogens (primary N) is 1. The molecule has 146 valence electrons. The molecule has 0 aromatic rings. The highest BCUT2D eigenvalue weighted by Crippen LogP contribution is 2.65. The number of hydrogen-bond donors (Lipinski definition) is 2. The van der Waals surface area contributed by atoms with Crippen LogP contribution in [0.4, 0.5) is 0 Å². The maximum absolute atomic E-state index is 10.6. The maximum atomic E-state index is 10.6. The molecule has 0 radical (unpaired) electrons. The monoisotopic (exact) mass is 360 g/mol. The lowest BCUT2D eigenvalue weighted by Crippen LogP contribution is -2.51. The van der Waals surface area contributed by atoms with E-state index in [0.29, 0.717) is 18.6 Å². The van der Waals surface area contributed by atoms with Gasteiger partial charge in [-0.1, -0.05) is 24.6 Å².